The molecule has 8 heteroatoms. The fourth-order valence-corrected chi connectivity index (χ4v) is 4.25. The average molecular weight is 440 g/mol. The summed E-state index contributed by atoms with van der Waals surface area (Å²) in [5.41, 5.74) is 5.09. The molecule has 0 saturated carbocycles. The van der Waals surface area contributed by atoms with Crippen LogP contribution in [0.4, 0.5) is 0 Å². The van der Waals surface area contributed by atoms with Crippen molar-refractivity contribution in [3.63, 3.8) is 0 Å². The Kier molecular flexibility index (Phi) is 5.75. The van der Waals surface area contributed by atoms with E-state index in [4.69, 9.17) is 21.7 Å². The van der Waals surface area contributed by atoms with Crippen molar-refractivity contribution in [2.75, 3.05) is 34.4 Å². The summed E-state index contributed by atoms with van der Waals surface area (Å²) in [5.74, 6) is 1.05. The number of nitrogens with zero attached hydrogens (tertiary/aromatic N) is 1. The van der Waals surface area contributed by atoms with Gasteiger partial charge in [0.15, 0.2) is 28.1 Å². The summed E-state index contributed by atoms with van der Waals surface area (Å²) in [5, 5.41) is 27.1. The standard InChI is InChI=1S/C23H25N3O4S/c1-26-11-15(8-13-4-6-17(27)19(9-13)29-2)22-16(12-26)21(24-23(31)25-22)14-5-7-18(28)20(10-14)30-3/h4-10,21,27-28H,11-12H2,1-3H3,(H2,24,25,31)/b15-8+. The highest BCUT2D eigenvalue weighted by Crippen LogP contribution is 2.37. The van der Waals surface area contributed by atoms with Crippen molar-refractivity contribution in [1.82, 2.24) is 15.5 Å². The van der Waals surface area contributed by atoms with Gasteiger partial charge in [-0.1, -0.05) is 12.1 Å². The summed E-state index contributed by atoms with van der Waals surface area (Å²) >= 11 is 5.51. The second-order valence-electron chi connectivity index (χ2n) is 7.64. The molecule has 0 bridgehead atoms. The van der Waals surface area contributed by atoms with Crippen LogP contribution in [0.5, 0.6) is 23.0 Å². The second-order valence-corrected chi connectivity index (χ2v) is 8.04. The Morgan fingerprint density at radius 2 is 1.71 bits per heavy atom. The summed E-state index contributed by atoms with van der Waals surface area (Å²) in [6, 6.07) is 10.5. The topological polar surface area (TPSA) is 86.2 Å². The van der Waals surface area contributed by atoms with E-state index in [2.05, 4.69) is 28.7 Å². The maximum Gasteiger partial charge on any atom is 0.171 e. The van der Waals surface area contributed by atoms with Crippen molar-refractivity contribution in [2.24, 2.45) is 0 Å². The lowest BCUT2D eigenvalue weighted by molar-refractivity contribution is 0.361. The molecule has 0 aliphatic carbocycles. The Bertz CT molecular complexity index is 1100. The first kappa shape index (κ1) is 21.0. The molecule has 2 aliphatic rings. The lowest BCUT2D eigenvalue weighted by atomic mass is 9.89. The largest absolute Gasteiger partial charge is 0.504 e. The molecule has 0 saturated heterocycles. The first-order valence-electron chi connectivity index (χ1n) is 9.83. The van der Waals surface area contributed by atoms with Gasteiger partial charge in [0.2, 0.25) is 0 Å². The number of rotatable bonds is 4. The molecule has 0 amide bonds. The summed E-state index contributed by atoms with van der Waals surface area (Å²) in [7, 11) is 5.13. The zero-order valence-corrected chi connectivity index (χ0v) is 18.4. The van der Waals surface area contributed by atoms with E-state index < -0.39 is 0 Å². The molecule has 4 N–H and O–H groups in total. The molecule has 2 aromatic rings. The Hall–Kier alpha value is -3.23. The first-order chi connectivity index (χ1) is 14.9. The highest BCUT2D eigenvalue weighted by molar-refractivity contribution is 7.80. The molecule has 7 nitrogen and oxygen atoms in total. The number of aromatic hydroxyl groups is 2. The normalized spacial score (nSPS) is 20.2. The quantitative estimate of drug-likeness (QED) is 0.541. The Balaban J connectivity index is 1.79. The van der Waals surface area contributed by atoms with Gasteiger partial charge in [0, 0.05) is 18.8 Å². The van der Waals surface area contributed by atoms with Crippen LogP contribution >= 0.6 is 12.2 Å². The molecule has 1 atom stereocenters. The van der Waals surface area contributed by atoms with E-state index in [-0.39, 0.29) is 17.5 Å². The molecule has 2 aliphatic heterocycles. The summed E-state index contributed by atoms with van der Waals surface area (Å²) < 4.78 is 10.5. The van der Waals surface area contributed by atoms with Crippen molar-refractivity contribution >= 4 is 23.4 Å². The number of hydrogen-bond donors (Lipinski definition) is 4. The maximum absolute atomic E-state index is 9.99. The average Bonchev–Trinajstić information content (AvgIpc) is 2.75. The molecule has 31 heavy (non-hydrogen) atoms. The number of benzene rings is 2. The predicted octanol–water partition coefficient (Wildman–Crippen LogP) is 2.92. The summed E-state index contributed by atoms with van der Waals surface area (Å²) in [4.78, 5) is 2.23. The molecular weight excluding hydrogens is 414 g/mol. The van der Waals surface area contributed by atoms with Crippen LogP contribution in [0.15, 0.2) is 53.2 Å². The Labute approximate surface area is 186 Å². The number of thiocarbonyl (C=S) groups is 1. The van der Waals surface area contributed by atoms with Crippen LogP contribution in [0.25, 0.3) is 6.08 Å². The summed E-state index contributed by atoms with van der Waals surface area (Å²) in [6.45, 7) is 1.49. The van der Waals surface area contributed by atoms with E-state index in [0.717, 1.165) is 41.1 Å². The molecular formula is C23H25N3O4S. The van der Waals surface area contributed by atoms with Crippen LogP contribution in [0.2, 0.25) is 0 Å². The van der Waals surface area contributed by atoms with Crippen LogP contribution < -0.4 is 20.1 Å². The lowest BCUT2D eigenvalue weighted by Crippen LogP contribution is -2.49. The van der Waals surface area contributed by atoms with Gasteiger partial charge in [-0.2, -0.15) is 0 Å². The molecule has 2 aromatic carbocycles. The third-order valence-electron chi connectivity index (χ3n) is 5.47. The predicted molar refractivity (Wildman–Crippen MR) is 123 cm³/mol. The van der Waals surface area contributed by atoms with E-state index >= 15 is 0 Å². The first-order valence-corrected chi connectivity index (χ1v) is 10.2. The highest BCUT2D eigenvalue weighted by atomic mass is 32.1. The zero-order valence-electron chi connectivity index (χ0n) is 17.6. The van der Waals surface area contributed by atoms with E-state index in [9.17, 15) is 10.2 Å². The Morgan fingerprint density at radius 3 is 2.42 bits per heavy atom. The van der Waals surface area contributed by atoms with E-state index in [1.54, 1.807) is 18.2 Å². The molecule has 162 valence electrons. The SMILES string of the molecule is COc1cc(/C=C2\CN(C)CC3=C2NC(=S)NC3c2ccc(O)c(OC)c2)ccc1O. The van der Waals surface area contributed by atoms with Crippen LogP contribution in [0.1, 0.15) is 17.2 Å². The minimum atomic E-state index is -0.154. The van der Waals surface area contributed by atoms with Crippen LogP contribution in [0.3, 0.4) is 0 Å². The van der Waals surface area contributed by atoms with Crippen LogP contribution in [-0.4, -0.2) is 54.6 Å². The monoisotopic (exact) mass is 439 g/mol. The van der Waals surface area contributed by atoms with Crippen molar-refractivity contribution in [2.45, 2.75) is 6.04 Å². The van der Waals surface area contributed by atoms with Crippen LogP contribution in [-0.2, 0) is 0 Å². The van der Waals surface area contributed by atoms with Gasteiger partial charge >= 0.3 is 0 Å². The number of hydrogen-bond acceptors (Lipinski definition) is 6. The second kappa shape index (κ2) is 8.49. The van der Waals surface area contributed by atoms with E-state index in [0.29, 0.717) is 16.6 Å². The third-order valence-corrected chi connectivity index (χ3v) is 5.69. The van der Waals surface area contributed by atoms with Crippen molar-refractivity contribution in [3.8, 4) is 23.0 Å². The lowest BCUT2D eigenvalue weighted by Gasteiger charge is -2.39. The number of ether oxygens (including phenoxy) is 2. The molecule has 0 fully saturated rings. The van der Waals surface area contributed by atoms with Crippen LogP contribution in [0, 0.1) is 0 Å². The highest BCUT2D eigenvalue weighted by Gasteiger charge is 2.32. The number of nitrogens with one attached hydrogen (secondary N) is 2. The molecule has 4 rings (SSSR count). The number of likely N-dealkylation sites (N-methyl/N-ethyl adjacent to an activating group) is 1. The Morgan fingerprint density at radius 1 is 1.03 bits per heavy atom. The van der Waals surface area contributed by atoms with Gasteiger partial charge in [-0.15, -0.1) is 0 Å². The molecule has 0 aromatic heterocycles. The number of phenolic OH excluding ortho intramolecular Hbond substituents is 2. The van der Waals surface area contributed by atoms with E-state index in [1.165, 1.54) is 14.2 Å². The van der Waals surface area contributed by atoms with E-state index in [1.807, 2.05) is 18.2 Å². The van der Waals surface area contributed by atoms with Gasteiger partial charge in [0.1, 0.15) is 0 Å². The minimum Gasteiger partial charge on any atom is -0.504 e. The number of methoxy groups -OCH3 is 2. The molecule has 2 heterocycles. The van der Waals surface area contributed by atoms with Gasteiger partial charge in [-0.25, -0.2) is 0 Å². The fourth-order valence-electron chi connectivity index (χ4n) is 4.03. The van der Waals surface area contributed by atoms with Gasteiger partial charge in [-0.05, 0) is 71.9 Å². The van der Waals surface area contributed by atoms with Gasteiger partial charge in [0.05, 0.1) is 20.3 Å². The van der Waals surface area contributed by atoms with Gasteiger partial charge < -0.3 is 30.3 Å². The van der Waals surface area contributed by atoms with Crippen molar-refractivity contribution in [1.29, 1.82) is 0 Å². The minimum absolute atomic E-state index is 0.0968. The van der Waals surface area contributed by atoms with Crippen molar-refractivity contribution in [3.05, 3.63) is 64.4 Å². The smallest absolute Gasteiger partial charge is 0.171 e. The zero-order chi connectivity index (χ0) is 22.1. The number of phenols is 2. The van der Waals surface area contributed by atoms with Crippen molar-refractivity contribution < 1.29 is 19.7 Å². The third kappa shape index (κ3) is 4.17. The van der Waals surface area contributed by atoms with Gasteiger partial charge in [0.25, 0.3) is 0 Å². The summed E-state index contributed by atoms with van der Waals surface area (Å²) in [6.07, 6.45) is 2.07. The van der Waals surface area contributed by atoms with Gasteiger partial charge in [-0.3, -0.25) is 4.90 Å². The molecule has 0 spiro atoms. The molecule has 0 radical (unpaired) electrons. The molecule has 1 unspecified atom stereocenters. The fraction of sp³-hybridized carbons (Fsp3) is 0.261. The maximum atomic E-state index is 9.99.